The highest BCUT2D eigenvalue weighted by molar-refractivity contribution is 6.30. The number of benzene rings is 2. The number of carbonyl (C=O) groups is 1. The fourth-order valence-corrected chi connectivity index (χ4v) is 4.22. The van der Waals surface area contributed by atoms with Gasteiger partial charge in [0.2, 0.25) is 0 Å². The SMILES string of the molecule is O=C(O)N1CCN(C2c3ccccc3OCC2OCc2cc(F)cc(Cl)c2)CC1. The molecule has 6 nitrogen and oxygen atoms in total. The summed E-state index contributed by atoms with van der Waals surface area (Å²) in [6.07, 6.45) is -1.17. The van der Waals surface area contributed by atoms with Crippen molar-refractivity contribution in [3.8, 4) is 5.75 Å². The van der Waals surface area contributed by atoms with Crippen molar-refractivity contribution in [3.05, 3.63) is 64.4 Å². The summed E-state index contributed by atoms with van der Waals surface area (Å²) in [4.78, 5) is 14.9. The molecule has 0 bridgehead atoms. The van der Waals surface area contributed by atoms with Crippen LogP contribution in [-0.2, 0) is 11.3 Å². The van der Waals surface area contributed by atoms with Crippen molar-refractivity contribution in [2.45, 2.75) is 18.8 Å². The minimum atomic E-state index is -0.896. The number of hydrogen-bond acceptors (Lipinski definition) is 4. The molecule has 2 aliphatic rings. The molecule has 0 spiro atoms. The van der Waals surface area contributed by atoms with Crippen molar-refractivity contribution < 1.29 is 23.8 Å². The molecule has 0 aliphatic carbocycles. The predicted molar refractivity (Wildman–Crippen MR) is 106 cm³/mol. The average molecular weight is 421 g/mol. The van der Waals surface area contributed by atoms with Gasteiger partial charge in [0.05, 0.1) is 12.6 Å². The van der Waals surface area contributed by atoms with Gasteiger partial charge in [0.15, 0.2) is 0 Å². The molecular weight excluding hydrogens is 399 g/mol. The summed E-state index contributed by atoms with van der Waals surface area (Å²) in [6, 6.07) is 12.1. The Morgan fingerprint density at radius 3 is 2.69 bits per heavy atom. The Kier molecular flexibility index (Phi) is 5.89. The Bertz CT molecular complexity index is 868. The van der Waals surface area contributed by atoms with Gasteiger partial charge >= 0.3 is 6.09 Å². The van der Waals surface area contributed by atoms with Crippen LogP contribution in [0.1, 0.15) is 17.2 Å². The van der Waals surface area contributed by atoms with E-state index in [-0.39, 0.29) is 18.8 Å². The number of rotatable bonds is 4. The average Bonchev–Trinajstić information content (AvgIpc) is 2.71. The summed E-state index contributed by atoms with van der Waals surface area (Å²) in [5, 5.41) is 9.55. The minimum Gasteiger partial charge on any atom is -0.490 e. The van der Waals surface area contributed by atoms with Gasteiger partial charge in [0.25, 0.3) is 0 Å². The topological polar surface area (TPSA) is 62.2 Å². The summed E-state index contributed by atoms with van der Waals surface area (Å²) in [7, 11) is 0. The Hall–Kier alpha value is -2.35. The number of carboxylic acid groups (broad SMARTS) is 1. The van der Waals surface area contributed by atoms with Crippen LogP contribution in [0.25, 0.3) is 0 Å². The van der Waals surface area contributed by atoms with E-state index in [4.69, 9.17) is 21.1 Å². The number of hydrogen-bond donors (Lipinski definition) is 1. The second-order valence-electron chi connectivity index (χ2n) is 7.23. The summed E-state index contributed by atoms with van der Waals surface area (Å²) < 4.78 is 25.7. The standard InChI is InChI=1S/C21H22ClFN2O4/c22-15-9-14(10-16(23)11-15)12-28-19-13-29-18-4-2-1-3-17(18)20(19)24-5-7-25(8-6-24)21(26)27/h1-4,9-11,19-20H,5-8,12-13H2,(H,26,27). The number of halogens is 2. The van der Waals surface area contributed by atoms with Gasteiger partial charge < -0.3 is 19.5 Å². The fourth-order valence-electron chi connectivity index (χ4n) is 3.98. The van der Waals surface area contributed by atoms with Crippen LogP contribution >= 0.6 is 11.6 Å². The monoisotopic (exact) mass is 420 g/mol. The summed E-state index contributed by atoms with van der Waals surface area (Å²) in [5.74, 6) is 0.412. The summed E-state index contributed by atoms with van der Waals surface area (Å²) >= 11 is 5.95. The van der Waals surface area contributed by atoms with Crippen molar-refractivity contribution >= 4 is 17.7 Å². The Morgan fingerprint density at radius 1 is 1.21 bits per heavy atom. The number of ether oxygens (including phenoxy) is 2. The largest absolute Gasteiger partial charge is 0.490 e. The number of piperazine rings is 1. The lowest BCUT2D eigenvalue weighted by Crippen LogP contribution is -2.53. The van der Waals surface area contributed by atoms with Gasteiger partial charge in [-0.05, 0) is 29.8 Å². The molecule has 2 aromatic carbocycles. The Morgan fingerprint density at radius 2 is 1.97 bits per heavy atom. The molecule has 1 amide bonds. The molecule has 2 unspecified atom stereocenters. The lowest BCUT2D eigenvalue weighted by Gasteiger charge is -2.43. The van der Waals surface area contributed by atoms with E-state index in [2.05, 4.69) is 4.90 Å². The highest BCUT2D eigenvalue weighted by atomic mass is 35.5. The zero-order valence-corrected chi connectivity index (χ0v) is 16.5. The van der Waals surface area contributed by atoms with Gasteiger partial charge in [0, 0.05) is 36.8 Å². The van der Waals surface area contributed by atoms with E-state index in [1.165, 1.54) is 17.0 Å². The number of para-hydroxylation sites is 1. The quantitative estimate of drug-likeness (QED) is 0.815. The molecule has 2 heterocycles. The van der Waals surface area contributed by atoms with Crippen molar-refractivity contribution in [1.82, 2.24) is 9.80 Å². The Labute approximate surface area is 173 Å². The van der Waals surface area contributed by atoms with Gasteiger partial charge in [-0.25, -0.2) is 9.18 Å². The van der Waals surface area contributed by atoms with Crippen LogP contribution in [0.4, 0.5) is 9.18 Å². The number of nitrogens with zero attached hydrogens (tertiary/aromatic N) is 2. The molecule has 2 aromatic rings. The van der Waals surface area contributed by atoms with E-state index in [9.17, 15) is 14.3 Å². The molecule has 0 aromatic heterocycles. The Balaban J connectivity index is 1.53. The van der Waals surface area contributed by atoms with E-state index >= 15 is 0 Å². The van der Waals surface area contributed by atoms with E-state index in [0.29, 0.717) is 43.4 Å². The highest BCUT2D eigenvalue weighted by Crippen LogP contribution is 2.38. The maximum Gasteiger partial charge on any atom is 0.407 e. The predicted octanol–water partition coefficient (Wildman–Crippen LogP) is 3.79. The molecule has 4 rings (SSSR count). The molecule has 0 saturated carbocycles. The number of fused-ring (bicyclic) bond motifs is 1. The van der Waals surface area contributed by atoms with Crippen LogP contribution in [-0.4, -0.2) is 59.9 Å². The van der Waals surface area contributed by atoms with Crippen molar-refractivity contribution in [3.63, 3.8) is 0 Å². The zero-order chi connectivity index (χ0) is 20.4. The van der Waals surface area contributed by atoms with Gasteiger partial charge in [0.1, 0.15) is 24.3 Å². The molecule has 0 radical (unpaired) electrons. The summed E-state index contributed by atoms with van der Waals surface area (Å²) in [5.41, 5.74) is 1.67. The minimum absolute atomic E-state index is 0.0695. The maximum atomic E-state index is 13.6. The molecule has 29 heavy (non-hydrogen) atoms. The third-order valence-electron chi connectivity index (χ3n) is 5.36. The van der Waals surface area contributed by atoms with Gasteiger partial charge in [-0.1, -0.05) is 29.8 Å². The first-order valence-corrected chi connectivity index (χ1v) is 9.89. The van der Waals surface area contributed by atoms with Crippen LogP contribution in [0.15, 0.2) is 42.5 Å². The lowest BCUT2D eigenvalue weighted by molar-refractivity contribution is -0.0670. The highest BCUT2D eigenvalue weighted by Gasteiger charge is 2.37. The number of amides is 1. The van der Waals surface area contributed by atoms with Crippen LogP contribution in [0, 0.1) is 5.82 Å². The smallest absolute Gasteiger partial charge is 0.407 e. The lowest BCUT2D eigenvalue weighted by atomic mass is 9.95. The third-order valence-corrected chi connectivity index (χ3v) is 5.58. The van der Waals surface area contributed by atoms with E-state index < -0.39 is 11.9 Å². The molecule has 1 saturated heterocycles. The van der Waals surface area contributed by atoms with Crippen molar-refractivity contribution in [2.24, 2.45) is 0 Å². The molecule has 2 aliphatic heterocycles. The molecular formula is C21H22ClFN2O4. The normalized spacial score (nSPS) is 22.1. The van der Waals surface area contributed by atoms with Crippen molar-refractivity contribution in [1.29, 1.82) is 0 Å². The molecule has 1 fully saturated rings. The molecule has 154 valence electrons. The van der Waals surface area contributed by atoms with Gasteiger partial charge in [-0.15, -0.1) is 0 Å². The van der Waals surface area contributed by atoms with E-state index in [1.807, 2.05) is 24.3 Å². The van der Waals surface area contributed by atoms with E-state index in [1.54, 1.807) is 6.07 Å². The van der Waals surface area contributed by atoms with E-state index in [0.717, 1.165) is 11.3 Å². The molecule has 8 heteroatoms. The fraction of sp³-hybridized carbons (Fsp3) is 0.381. The second-order valence-corrected chi connectivity index (χ2v) is 7.66. The van der Waals surface area contributed by atoms with Gasteiger partial charge in [-0.2, -0.15) is 0 Å². The van der Waals surface area contributed by atoms with Crippen LogP contribution in [0.3, 0.4) is 0 Å². The maximum absolute atomic E-state index is 13.6. The first-order valence-electron chi connectivity index (χ1n) is 9.51. The zero-order valence-electron chi connectivity index (χ0n) is 15.8. The van der Waals surface area contributed by atoms with Gasteiger partial charge in [-0.3, -0.25) is 4.90 Å². The summed E-state index contributed by atoms with van der Waals surface area (Å²) in [6.45, 7) is 2.68. The third kappa shape index (κ3) is 4.47. The second kappa shape index (κ2) is 8.57. The first kappa shape index (κ1) is 19.9. The first-order chi connectivity index (χ1) is 14.0. The van der Waals surface area contributed by atoms with Crippen LogP contribution in [0.5, 0.6) is 5.75 Å². The van der Waals surface area contributed by atoms with Crippen molar-refractivity contribution in [2.75, 3.05) is 32.8 Å². The molecule has 2 atom stereocenters. The van der Waals surface area contributed by atoms with Crippen LogP contribution in [0.2, 0.25) is 5.02 Å². The molecule has 1 N–H and O–H groups in total. The van der Waals surface area contributed by atoms with Crippen LogP contribution < -0.4 is 4.74 Å².